The number of pyridine rings is 1. The maximum atomic E-state index is 12.1. The zero-order valence-corrected chi connectivity index (χ0v) is 13.7. The zero-order valence-electron chi connectivity index (χ0n) is 12.9. The number of rotatable bonds is 6. The minimum Gasteiger partial charge on any atom is -0.480 e. The summed E-state index contributed by atoms with van der Waals surface area (Å²) in [6.07, 6.45) is 1.61. The maximum absolute atomic E-state index is 12.1. The van der Waals surface area contributed by atoms with E-state index < -0.39 is 0 Å². The van der Waals surface area contributed by atoms with Crippen LogP contribution >= 0.6 is 11.3 Å². The van der Waals surface area contributed by atoms with Crippen molar-refractivity contribution in [1.82, 2.24) is 15.2 Å². The Morgan fingerprint density at radius 3 is 2.86 bits per heavy atom. The SMILES string of the molecule is COc1ncccc1NC(=O)NC[C@H](c1cccs1)N(C)C. The highest BCUT2D eigenvalue weighted by Crippen LogP contribution is 2.23. The van der Waals surface area contributed by atoms with Crippen molar-refractivity contribution >= 4 is 23.1 Å². The van der Waals surface area contributed by atoms with Gasteiger partial charge in [0, 0.05) is 17.6 Å². The van der Waals surface area contributed by atoms with Crippen molar-refractivity contribution in [2.75, 3.05) is 33.1 Å². The molecule has 1 atom stereocenters. The number of nitrogens with zero attached hydrogens (tertiary/aromatic N) is 2. The van der Waals surface area contributed by atoms with Crippen molar-refractivity contribution < 1.29 is 9.53 Å². The Kier molecular flexibility index (Phi) is 5.74. The van der Waals surface area contributed by atoms with Crippen LogP contribution in [-0.4, -0.2) is 43.7 Å². The Balaban J connectivity index is 1.94. The van der Waals surface area contributed by atoms with Crippen LogP contribution in [0.2, 0.25) is 0 Å². The molecule has 0 saturated heterocycles. The summed E-state index contributed by atoms with van der Waals surface area (Å²) < 4.78 is 5.11. The lowest BCUT2D eigenvalue weighted by Crippen LogP contribution is -2.36. The number of likely N-dealkylation sites (N-methyl/N-ethyl adjacent to an activating group) is 1. The molecule has 0 unspecified atom stereocenters. The van der Waals surface area contributed by atoms with Crippen LogP contribution in [0.25, 0.3) is 0 Å². The molecule has 2 aromatic rings. The highest BCUT2D eigenvalue weighted by atomic mass is 32.1. The van der Waals surface area contributed by atoms with Crippen molar-refractivity contribution in [3.63, 3.8) is 0 Å². The Morgan fingerprint density at radius 1 is 1.41 bits per heavy atom. The minimum atomic E-state index is -0.283. The average molecular weight is 320 g/mol. The van der Waals surface area contributed by atoms with Crippen molar-refractivity contribution in [2.45, 2.75) is 6.04 Å². The molecule has 0 spiro atoms. The van der Waals surface area contributed by atoms with E-state index in [1.165, 1.54) is 12.0 Å². The van der Waals surface area contributed by atoms with Crippen LogP contribution in [0.5, 0.6) is 5.88 Å². The number of urea groups is 1. The van der Waals surface area contributed by atoms with Crippen LogP contribution in [0.4, 0.5) is 10.5 Å². The number of carbonyl (C=O) groups is 1. The number of carbonyl (C=O) groups excluding carboxylic acids is 1. The molecule has 0 aliphatic carbocycles. The number of aromatic nitrogens is 1. The van der Waals surface area contributed by atoms with E-state index in [-0.39, 0.29) is 12.1 Å². The van der Waals surface area contributed by atoms with Crippen LogP contribution in [-0.2, 0) is 0 Å². The maximum Gasteiger partial charge on any atom is 0.319 e. The summed E-state index contributed by atoms with van der Waals surface area (Å²) in [6, 6.07) is 7.42. The first kappa shape index (κ1) is 16.3. The van der Waals surface area contributed by atoms with E-state index in [9.17, 15) is 4.79 Å². The largest absolute Gasteiger partial charge is 0.480 e. The first-order chi connectivity index (χ1) is 10.6. The Morgan fingerprint density at radius 2 is 2.23 bits per heavy atom. The van der Waals surface area contributed by atoms with Crippen LogP contribution < -0.4 is 15.4 Å². The molecule has 2 heterocycles. The number of methoxy groups -OCH3 is 1. The number of thiophene rings is 1. The number of anilines is 1. The fraction of sp³-hybridized carbons (Fsp3) is 0.333. The van der Waals surface area contributed by atoms with Gasteiger partial charge in [-0.2, -0.15) is 0 Å². The Bertz CT molecular complexity index is 601. The zero-order chi connectivity index (χ0) is 15.9. The van der Waals surface area contributed by atoms with E-state index >= 15 is 0 Å². The minimum absolute atomic E-state index is 0.140. The van der Waals surface area contributed by atoms with Crippen LogP contribution in [0.15, 0.2) is 35.8 Å². The number of amides is 2. The van der Waals surface area contributed by atoms with E-state index in [0.717, 1.165) is 0 Å². The van der Waals surface area contributed by atoms with E-state index in [0.29, 0.717) is 18.1 Å². The molecular formula is C15H20N4O2S. The van der Waals surface area contributed by atoms with Gasteiger partial charge in [0.25, 0.3) is 0 Å². The number of nitrogens with one attached hydrogen (secondary N) is 2. The van der Waals surface area contributed by atoms with Crippen molar-refractivity contribution in [1.29, 1.82) is 0 Å². The van der Waals surface area contributed by atoms with Crippen LogP contribution in [0, 0.1) is 0 Å². The Hall–Kier alpha value is -2.12. The molecule has 2 amide bonds. The molecule has 2 N–H and O–H groups in total. The molecule has 6 nitrogen and oxygen atoms in total. The smallest absolute Gasteiger partial charge is 0.319 e. The summed E-state index contributed by atoms with van der Waals surface area (Å²) in [5.74, 6) is 0.389. The number of ether oxygens (including phenoxy) is 1. The van der Waals surface area contributed by atoms with Crippen LogP contribution in [0.3, 0.4) is 0 Å². The summed E-state index contributed by atoms with van der Waals surface area (Å²) >= 11 is 1.68. The topological polar surface area (TPSA) is 66.5 Å². The third-order valence-corrected chi connectivity index (χ3v) is 4.14. The van der Waals surface area contributed by atoms with Gasteiger partial charge in [0.05, 0.1) is 13.2 Å². The average Bonchev–Trinajstić information content (AvgIpc) is 3.01. The second kappa shape index (κ2) is 7.77. The van der Waals surface area contributed by atoms with Crippen molar-refractivity contribution in [3.05, 3.63) is 40.7 Å². The predicted octanol–water partition coefficient (Wildman–Crippen LogP) is 2.58. The molecular weight excluding hydrogens is 300 g/mol. The van der Waals surface area contributed by atoms with Gasteiger partial charge in [-0.25, -0.2) is 9.78 Å². The second-order valence-electron chi connectivity index (χ2n) is 4.89. The van der Waals surface area contributed by atoms with Crippen molar-refractivity contribution in [2.24, 2.45) is 0 Å². The molecule has 7 heteroatoms. The molecule has 22 heavy (non-hydrogen) atoms. The molecule has 0 saturated carbocycles. The summed E-state index contributed by atoms with van der Waals surface area (Å²) in [7, 11) is 5.51. The first-order valence-electron chi connectivity index (χ1n) is 6.85. The summed E-state index contributed by atoms with van der Waals surface area (Å²) in [4.78, 5) is 19.4. The van der Waals surface area contributed by atoms with Gasteiger partial charge >= 0.3 is 6.03 Å². The van der Waals surface area contributed by atoms with Gasteiger partial charge in [0.1, 0.15) is 5.69 Å². The van der Waals surface area contributed by atoms with Crippen molar-refractivity contribution in [3.8, 4) is 5.88 Å². The third kappa shape index (κ3) is 4.19. The number of hydrogen-bond donors (Lipinski definition) is 2. The lowest BCUT2D eigenvalue weighted by molar-refractivity contribution is 0.243. The monoisotopic (exact) mass is 320 g/mol. The lowest BCUT2D eigenvalue weighted by Gasteiger charge is -2.23. The summed E-state index contributed by atoms with van der Waals surface area (Å²) in [5, 5.41) is 7.67. The molecule has 0 aliphatic rings. The van der Waals surface area contributed by atoms with Gasteiger partial charge in [-0.1, -0.05) is 6.07 Å². The van der Waals surface area contributed by atoms with Gasteiger partial charge in [0.2, 0.25) is 5.88 Å². The molecule has 0 aliphatic heterocycles. The summed E-state index contributed by atoms with van der Waals surface area (Å²) in [6.45, 7) is 0.516. The molecule has 0 radical (unpaired) electrons. The standard InChI is InChI=1S/C15H20N4O2S/c1-19(2)12(13-7-5-9-22-13)10-17-15(20)18-11-6-4-8-16-14(11)21-3/h4-9,12H,10H2,1-3H3,(H2,17,18,20)/t12-/m1/s1. The molecule has 0 aromatic carbocycles. The quantitative estimate of drug-likeness (QED) is 0.858. The van der Waals surface area contributed by atoms with E-state index in [2.05, 4.69) is 26.6 Å². The highest BCUT2D eigenvalue weighted by Gasteiger charge is 2.16. The van der Waals surface area contributed by atoms with Gasteiger partial charge in [-0.05, 0) is 37.7 Å². The number of hydrogen-bond acceptors (Lipinski definition) is 5. The molecule has 0 bridgehead atoms. The van der Waals surface area contributed by atoms with Gasteiger partial charge < -0.3 is 20.3 Å². The Labute approximate surface area is 134 Å². The van der Waals surface area contributed by atoms with E-state index in [4.69, 9.17) is 4.74 Å². The fourth-order valence-corrected chi connectivity index (χ4v) is 2.95. The lowest BCUT2D eigenvalue weighted by atomic mass is 10.2. The summed E-state index contributed by atoms with van der Waals surface area (Å²) in [5.41, 5.74) is 0.542. The van der Waals surface area contributed by atoms with E-state index in [1.54, 1.807) is 29.7 Å². The molecule has 2 rings (SSSR count). The van der Waals surface area contributed by atoms with Gasteiger partial charge in [-0.3, -0.25) is 0 Å². The fourth-order valence-electron chi connectivity index (χ4n) is 2.02. The first-order valence-corrected chi connectivity index (χ1v) is 7.73. The molecule has 2 aromatic heterocycles. The second-order valence-corrected chi connectivity index (χ2v) is 5.87. The third-order valence-electron chi connectivity index (χ3n) is 3.16. The van der Waals surface area contributed by atoms with E-state index in [1.807, 2.05) is 25.5 Å². The van der Waals surface area contributed by atoms with Gasteiger partial charge in [0.15, 0.2) is 0 Å². The molecule has 0 fully saturated rings. The molecule has 118 valence electrons. The highest BCUT2D eigenvalue weighted by molar-refractivity contribution is 7.10. The predicted molar refractivity (Wildman–Crippen MR) is 88.6 cm³/mol. The van der Waals surface area contributed by atoms with Gasteiger partial charge in [-0.15, -0.1) is 11.3 Å². The normalized spacial score (nSPS) is 12.0. The van der Waals surface area contributed by atoms with Crippen LogP contribution in [0.1, 0.15) is 10.9 Å².